The zero-order valence-electron chi connectivity index (χ0n) is 17.5. The van der Waals surface area contributed by atoms with Crippen molar-refractivity contribution < 1.29 is 4.52 Å². The molecule has 2 N–H and O–H groups in total. The zero-order chi connectivity index (χ0) is 19.9. The van der Waals surface area contributed by atoms with Crippen LogP contribution in [0.4, 0.5) is 0 Å². The van der Waals surface area contributed by atoms with Gasteiger partial charge in [0.2, 0.25) is 0 Å². The van der Waals surface area contributed by atoms with E-state index >= 15 is 0 Å². The van der Waals surface area contributed by atoms with Gasteiger partial charge < -0.3 is 15.2 Å². The molecule has 1 aromatic heterocycles. The minimum atomic E-state index is 0.364. The fourth-order valence-electron chi connectivity index (χ4n) is 3.44. The summed E-state index contributed by atoms with van der Waals surface area (Å²) in [4.78, 5) is 7.18. The number of guanidine groups is 1. The van der Waals surface area contributed by atoms with Crippen molar-refractivity contribution in [1.82, 2.24) is 20.7 Å². The molecule has 0 bridgehead atoms. The van der Waals surface area contributed by atoms with E-state index in [1.54, 1.807) is 0 Å². The first-order valence-corrected chi connectivity index (χ1v) is 10.3. The number of nitrogens with one attached hydrogen (secondary N) is 2. The van der Waals surface area contributed by atoms with Gasteiger partial charge in [0.1, 0.15) is 6.54 Å². The Kier molecular flexibility index (Phi) is 7.09. The maximum atomic E-state index is 5.39. The zero-order valence-corrected chi connectivity index (χ0v) is 17.5. The van der Waals surface area contributed by atoms with Crippen LogP contribution in [0, 0.1) is 0 Å². The molecule has 2 heterocycles. The van der Waals surface area contributed by atoms with Gasteiger partial charge in [0.05, 0.1) is 5.69 Å². The standard InChI is InChI=1S/C22H33N5O/c1-5-23-22(25-14-20-12-21(16(2)3)26-28-20)24-13-17(4)27-11-10-18-8-6-7-9-19(18)15-27/h6-9,12,16-17H,5,10-11,13-15H2,1-4H3,(H2,23,24,25). The highest BCUT2D eigenvalue weighted by Crippen LogP contribution is 2.20. The number of rotatable bonds is 7. The first-order valence-electron chi connectivity index (χ1n) is 10.3. The lowest BCUT2D eigenvalue weighted by atomic mass is 9.99. The second-order valence-corrected chi connectivity index (χ2v) is 7.79. The molecule has 1 aliphatic rings. The minimum Gasteiger partial charge on any atom is -0.359 e. The summed E-state index contributed by atoms with van der Waals surface area (Å²) in [6.07, 6.45) is 1.12. The van der Waals surface area contributed by atoms with Crippen molar-refractivity contribution in [1.29, 1.82) is 0 Å². The molecule has 1 unspecified atom stereocenters. The Bertz CT molecular complexity index is 783. The topological polar surface area (TPSA) is 65.7 Å². The Morgan fingerprint density at radius 3 is 2.71 bits per heavy atom. The first kappa shape index (κ1) is 20.4. The molecular formula is C22H33N5O. The molecule has 6 nitrogen and oxygen atoms in total. The van der Waals surface area contributed by atoms with Crippen LogP contribution in [0.1, 0.15) is 56.2 Å². The van der Waals surface area contributed by atoms with E-state index in [2.05, 4.69) is 77.6 Å². The van der Waals surface area contributed by atoms with Gasteiger partial charge in [0.15, 0.2) is 11.7 Å². The number of aliphatic imine (C=N–C) groups is 1. The summed E-state index contributed by atoms with van der Waals surface area (Å²) >= 11 is 0. The van der Waals surface area contributed by atoms with Gasteiger partial charge in [0, 0.05) is 38.3 Å². The number of nitrogens with zero attached hydrogens (tertiary/aromatic N) is 3. The van der Waals surface area contributed by atoms with Crippen LogP contribution in [-0.4, -0.2) is 41.7 Å². The number of benzene rings is 1. The predicted molar refractivity (Wildman–Crippen MR) is 113 cm³/mol. The van der Waals surface area contributed by atoms with Crippen LogP contribution in [0.15, 0.2) is 39.8 Å². The molecule has 152 valence electrons. The average molecular weight is 384 g/mol. The molecule has 28 heavy (non-hydrogen) atoms. The van der Waals surface area contributed by atoms with Crippen LogP contribution in [0.2, 0.25) is 0 Å². The first-order chi connectivity index (χ1) is 13.6. The van der Waals surface area contributed by atoms with Crippen LogP contribution < -0.4 is 10.6 Å². The Morgan fingerprint density at radius 1 is 1.21 bits per heavy atom. The summed E-state index contributed by atoms with van der Waals surface area (Å²) in [7, 11) is 0. The Balaban J connectivity index is 1.53. The van der Waals surface area contributed by atoms with Gasteiger partial charge in [-0.1, -0.05) is 43.3 Å². The van der Waals surface area contributed by atoms with E-state index < -0.39 is 0 Å². The summed E-state index contributed by atoms with van der Waals surface area (Å²) in [6.45, 7) is 12.8. The monoisotopic (exact) mass is 383 g/mol. The highest BCUT2D eigenvalue weighted by Gasteiger charge is 2.20. The second kappa shape index (κ2) is 9.73. The van der Waals surface area contributed by atoms with Crippen LogP contribution in [0.5, 0.6) is 0 Å². The molecule has 0 spiro atoms. The SMILES string of the molecule is CCNC(=NCc1cc(C(C)C)no1)NCC(C)N1CCc2ccccc2C1. The smallest absolute Gasteiger partial charge is 0.191 e. The van der Waals surface area contributed by atoms with Crippen molar-refractivity contribution in [2.24, 2.45) is 4.99 Å². The van der Waals surface area contributed by atoms with Crippen LogP contribution in [0.25, 0.3) is 0 Å². The molecule has 1 atom stereocenters. The highest BCUT2D eigenvalue weighted by atomic mass is 16.5. The van der Waals surface area contributed by atoms with Gasteiger partial charge >= 0.3 is 0 Å². The molecule has 0 saturated heterocycles. The Labute approximate surface area is 168 Å². The van der Waals surface area contributed by atoms with Gasteiger partial charge in [-0.3, -0.25) is 4.90 Å². The molecule has 6 heteroatoms. The van der Waals surface area contributed by atoms with E-state index in [0.29, 0.717) is 18.5 Å². The summed E-state index contributed by atoms with van der Waals surface area (Å²) in [5.74, 6) is 1.97. The number of hydrogen-bond donors (Lipinski definition) is 2. The summed E-state index contributed by atoms with van der Waals surface area (Å²) < 4.78 is 5.39. The largest absolute Gasteiger partial charge is 0.359 e. The van der Waals surface area contributed by atoms with Crippen LogP contribution in [-0.2, 0) is 19.5 Å². The molecule has 0 aliphatic carbocycles. The fraction of sp³-hybridized carbons (Fsp3) is 0.545. The van der Waals surface area contributed by atoms with Gasteiger partial charge in [-0.25, -0.2) is 4.99 Å². The van der Waals surface area contributed by atoms with Crippen molar-refractivity contribution in [3.63, 3.8) is 0 Å². The van der Waals surface area contributed by atoms with Crippen LogP contribution >= 0.6 is 0 Å². The molecule has 0 saturated carbocycles. The number of aromatic nitrogens is 1. The van der Waals surface area contributed by atoms with Crippen molar-refractivity contribution in [2.75, 3.05) is 19.6 Å². The van der Waals surface area contributed by atoms with E-state index in [0.717, 1.165) is 50.0 Å². The van der Waals surface area contributed by atoms with E-state index in [1.165, 1.54) is 11.1 Å². The van der Waals surface area contributed by atoms with E-state index in [4.69, 9.17) is 4.52 Å². The van der Waals surface area contributed by atoms with Crippen LogP contribution in [0.3, 0.4) is 0 Å². The van der Waals surface area contributed by atoms with Gasteiger partial charge in [0.25, 0.3) is 0 Å². The average Bonchev–Trinajstić information content (AvgIpc) is 3.19. The highest BCUT2D eigenvalue weighted by molar-refractivity contribution is 5.79. The molecule has 0 radical (unpaired) electrons. The molecule has 1 aromatic carbocycles. The quantitative estimate of drug-likeness (QED) is 0.567. The third-order valence-electron chi connectivity index (χ3n) is 5.25. The maximum Gasteiger partial charge on any atom is 0.191 e. The lowest BCUT2D eigenvalue weighted by Crippen LogP contribution is -2.47. The molecule has 0 amide bonds. The second-order valence-electron chi connectivity index (χ2n) is 7.79. The van der Waals surface area contributed by atoms with Gasteiger partial charge in [-0.2, -0.15) is 0 Å². The molecule has 0 fully saturated rings. The summed E-state index contributed by atoms with van der Waals surface area (Å²) in [5.41, 5.74) is 3.91. The summed E-state index contributed by atoms with van der Waals surface area (Å²) in [5, 5.41) is 10.9. The minimum absolute atomic E-state index is 0.364. The van der Waals surface area contributed by atoms with Gasteiger partial charge in [-0.05, 0) is 37.3 Å². The van der Waals surface area contributed by atoms with Gasteiger partial charge in [-0.15, -0.1) is 0 Å². The van der Waals surface area contributed by atoms with E-state index in [9.17, 15) is 0 Å². The lowest BCUT2D eigenvalue weighted by molar-refractivity contribution is 0.191. The Hall–Kier alpha value is -2.34. The van der Waals surface area contributed by atoms with Crippen molar-refractivity contribution in [3.8, 4) is 0 Å². The predicted octanol–water partition coefficient (Wildman–Crippen LogP) is 3.30. The van der Waals surface area contributed by atoms with Crippen molar-refractivity contribution in [2.45, 2.75) is 59.2 Å². The van der Waals surface area contributed by atoms with Crippen molar-refractivity contribution >= 4 is 5.96 Å². The van der Waals surface area contributed by atoms with E-state index in [-0.39, 0.29) is 0 Å². The normalized spacial score (nSPS) is 16.1. The van der Waals surface area contributed by atoms with E-state index in [1.807, 2.05) is 6.07 Å². The number of fused-ring (bicyclic) bond motifs is 1. The lowest BCUT2D eigenvalue weighted by Gasteiger charge is -2.34. The number of hydrogen-bond acceptors (Lipinski definition) is 4. The molecule has 2 aromatic rings. The molecular weight excluding hydrogens is 350 g/mol. The third kappa shape index (κ3) is 5.35. The van der Waals surface area contributed by atoms with Crippen molar-refractivity contribution in [3.05, 3.63) is 52.9 Å². The Morgan fingerprint density at radius 2 is 2.00 bits per heavy atom. The molecule has 1 aliphatic heterocycles. The fourth-order valence-corrected chi connectivity index (χ4v) is 3.44. The molecule has 3 rings (SSSR count). The maximum absolute atomic E-state index is 5.39. The third-order valence-corrected chi connectivity index (χ3v) is 5.25. The summed E-state index contributed by atoms with van der Waals surface area (Å²) in [6, 6.07) is 11.2.